The Morgan fingerprint density at radius 1 is 0.302 bits per heavy atom. The lowest BCUT2D eigenvalue weighted by atomic mass is 9.91. The lowest BCUT2D eigenvalue weighted by Crippen LogP contribution is -2.00. The van der Waals surface area contributed by atoms with Crippen LogP contribution >= 0.6 is 0 Å². The number of nitrogens with zero attached hydrogens (tertiary/aromatic N) is 6. The third-order valence-electron chi connectivity index (χ3n) is 21.0. The molecule has 0 radical (unpaired) electrons. The lowest BCUT2D eigenvalue weighted by Gasteiger charge is -2.13. The van der Waals surface area contributed by atoms with Crippen molar-refractivity contribution in [1.82, 2.24) is 39.9 Å². The zero-order valence-electron chi connectivity index (χ0n) is 60.5. The van der Waals surface area contributed by atoms with E-state index < -0.39 is 0 Å². The van der Waals surface area contributed by atoms with Gasteiger partial charge in [0.1, 0.15) is 22.6 Å². The number of carbonyl (C=O) groups excluding carboxylic acids is 1. The maximum atomic E-state index is 13.2. The maximum absolute atomic E-state index is 13.2. The Bertz CT molecular complexity index is 3980. The number of methoxy groups -OCH3 is 1. The number of esters is 1. The summed E-state index contributed by atoms with van der Waals surface area (Å²) in [6.45, 7) is 13.8. The van der Waals surface area contributed by atoms with Crippen LogP contribution in [0.2, 0.25) is 0 Å². The second-order valence-corrected chi connectivity index (χ2v) is 28.6. The van der Waals surface area contributed by atoms with Crippen molar-refractivity contribution in [3.05, 3.63) is 106 Å². The third kappa shape index (κ3) is 18.5. The molecule has 0 spiro atoms. The Hall–Kier alpha value is -6.81. The van der Waals surface area contributed by atoms with Crippen LogP contribution in [0.5, 0.6) is 0 Å². The summed E-state index contributed by atoms with van der Waals surface area (Å²) in [6, 6.07) is 24.8. The van der Waals surface area contributed by atoms with Crippen molar-refractivity contribution < 1.29 is 9.53 Å². The number of aromatic amines is 2. The van der Waals surface area contributed by atoms with Crippen LogP contribution in [0.3, 0.4) is 0 Å². The first kappa shape index (κ1) is 71.9. The molecule has 0 saturated carbocycles. The number of H-pyrrole nitrogens is 2. The molecular weight excluding hydrogens is 1180 g/mol. The van der Waals surface area contributed by atoms with Gasteiger partial charge >= 0.3 is 5.97 Å². The molecule has 10 nitrogen and oxygen atoms in total. The average Bonchev–Trinajstić information content (AvgIpc) is 1.58. The van der Waals surface area contributed by atoms with E-state index in [0.29, 0.717) is 28.5 Å². The van der Waals surface area contributed by atoms with Gasteiger partial charge in [-0.3, -0.25) is 0 Å². The number of aromatic nitrogens is 8. The van der Waals surface area contributed by atoms with Crippen LogP contribution in [0.1, 0.15) is 316 Å². The molecule has 8 aromatic rings. The second-order valence-electron chi connectivity index (χ2n) is 28.6. The van der Waals surface area contributed by atoms with E-state index in [2.05, 4.69) is 100 Å². The number of rotatable bonds is 43. The van der Waals surface area contributed by atoms with Crippen molar-refractivity contribution in [3.8, 4) is 45.6 Å². The fourth-order valence-corrected chi connectivity index (χ4v) is 15.4. The molecule has 10 rings (SSSR count). The van der Waals surface area contributed by atoms with Crippen LogP contribution in [-0.2, 0) is 43.3 Å². The monoisotopic (exact) mass is 1290 g/mol. The molecule has 8 bridgehead atoms. The van der Waals surface area contributed by atoms with Gasteiger partial charge < -0.3 is 14.7 Å². The Labute approximate surface area is 576 Å². The number of carbonyl (C=O) groups is 1. The van der Waals surface area contributed by atoms with Crippen LogP contribution in [-0.4, -0.2) is 53.0 Å². The molecule has 0 aliphatic carbocycles. The number of aryl methyl sites for hydroxylation is 6. The Morgan fingerprint density at radius 3 is 0.896 bits per heavy atom. The molecule has 514 valence electrons. The summed E-state index contributed by atoms with van der Waals surface area (Å²) in [4.78, 5) is 56.4. The average molecular weight is 1300 g/mol. The van der Waals surface area contributed by atoms with Gasteiger partial charge in [-0.15, -0.1) is 0 Å². The molecule has 5 aromatic carbocycles. The first-order valence-electron chi connectivity index (χ1n) is 39.2. The summed E-state index contributed by atoms with van der Waals surface area (Å²) in [6.07, 6.45) is 49.7. The van der Waals surface area contributed by atoms with E-state index in [1.807, 2.05) is 18.2 Å². The molecule has 3 aromatic heterocycles. The van der Waals surface area contributed by atoms with E-state index in [1.165, 1.54) is 244 Å². The first-order chi connectivity index (χ1) is 47.3. The number of unbranched alkanes of at least 4 members (excludes halogenated alkanes) is 30. The highest BCUT2D eigenvalue weighted by atomic mass is 16.5. The quantitative estimate of drug-likeness (QED) is 0.0285. The number of benzene rings is 5. The highest BCUT2D eigenvalue weighted by molar-refractivity contribution is 6.12. The Morgan fingerprint density at radius 2 is 0.573 bits per heavy atom. The smallest absolute Gasteiger partial charge is 0.337 e. The predicted molar refractivity (Wildman–Crippen MR) is 407 cm³/mol. The molecule has 0 unspecified atom stereocenters. The second kappa shape index (κ2) is 37.8. The Balaban J connectivity index is 1.31. The third-order valence-corrected chi connectivity index (χ3v) is 21.0. The van der Waals surface area contributed by atoms with Crippen LogP contribution in [0.15, 0.2) is 66.7 Å². The van der Waals surface area contributed by atoms with Gasteiger partial charge in [0, 0.05) is 43.8 Å². The van der Waals surface area contributed by atoms with Crippen molar-refractivity contribution in [3.63, 3.8) is 0 Å². The first-order valence-corrected chi connectivity index (χ1v) is 39.2. The van der Waals surface area contributed by atoms with E-state index in [9.17, 15) is 4.79 Å². The molecule has 96 heavy (non-hydrogen) atoms. The van der Waals surface area contributed by atoms with Gasteiger partial charge in [-0.25, -0.2) is 34.7 Å². The normalized spacial score (nSPS) is 12.0. The summed E-state index contributed by atoms with van der Waals surface area (Å²) in [7, 11) is 1.45. The van der Waals surface area contributed by atoms with E-state index in [4.69, 9.17) is 34.6 Å². The molecular formula is C86H118N8O2. The van der Waals surface area contributed by atoms with Crippen molar-refractivity contribution in [2.45, 2.75) is 311 Å². The van der Waals surface area contributed by atoms with Gasteiger partial charge in [0.2, 0.25) is 0 Å². The van der Waals surface area contributed by atoms with Crippen molar-refractivity contribution in [2.75, 3.05) is 7.11 Å². The van der Waals surface area contributed by atoms with Crippen LogP contribution < -0.4 is 0 Å². The highest BCUT2D eigenvalue weighted by Gasteiger charge is 2.30. The number of hydrogen-bond acceptors (Lipinski definition) is 8. The number of fused-ring (bicyclic) bond motifs is 21. The molecule has 0 amide bonds. The molecule has 5 heterocycles. The maximum Gasteiger partial charge on any atom is 0.337 e. The molecule has 0 atom stereocenters. The zero-order chi connectivity index (χ0) is 66.9. The minimum atomic E-state index is -0.365. The van der Waals surface area contributed by atoms with Gasteiger partial charge in [-0.2, -0.15) is 0 Å². The fraction of sp³-hybridized carbons (Fsp3) is 0.570. The summed E-state index contributed by atoms with van der Waals surface area (Å²) >= 11 is 0. The van der Waals surface area contributed by atoms with Gasteiger partial charge in [-0.05, 0) is 145 Å². The van der Waals surface area contributed by atoms with Crippen molar-refractivity contribution >= 4 is 60.9 Å². The molecule has 0 fully saturated rings. The van der Waals surface area contributed by atoms with E-state index >= 15 is 0 Å². The van der Waals surface area contributed by atoms with Gasteiger partial charge in [-0.1, -0.05) is 277 Å². The van der Waals surface area contributed by atoms with Crippen molar-refractivity contribution in [2.24, 2.45) is 0 Å². The molecule has 2 N–H and O–H groups in total. The molecule has 2 aliphatic rings. The van der Waals surface area contributed by atoms with Crippen molar-refractivity contribution in [1.29, 1.82) is 0 Å². The topological polar surface area (TPSA) is 135 Å². The molecule has 2 aliphatic heterocycles. The zero-order valence-corrected chi connectivity index (χ0v) is 60.5. The van der Waals surface area contributed by atoms with Gasteiger partial charge in [0.05, 0.1) is 12.7 Å². The summed E-state index contributed by atoms with van der Waals surface area (Å²) < 4.78 is 5.28. The van der Waals surface area contributed by atoms with Crippen LogP contribution in [0, 0.1) is 0 Å². The summed E-state index contributed by atoms with van der Waals surface area (Å²) in [5, 5.41) is 6.10. The number of hydrogen-bond donors (Lipinski definition) is 2. The minimum Gasteiger partial charge on any atom is -0.465 e. The van der Waals surface area contributed by atoms with Crippen LogP contribution in [0.4, 0.5) is 0 Å². The lowest BCUT2D eigenvalue weighted by molar-refractivity contribution is 0.0601. The molecule has 0 saturated heterocycles. The summed E-state index contributed by atoms with van der Waals surface area (Å²) in [5.74, 6) is 2.45. The SMILES string of the molecule is CCCCCCCCc1ccc(CCCCCCCC)c2c1-c1nc-2nc2[nH]c(nc3nc(nc4[nH]c(n1)c1cc5ccc(C(=O)OC)cc5cc41)-c1c(CCCCCCCC)ccc(CCCCCCCC)c1-3)c1c(CCCCCCCC)ccc(CCCCCCCC)c21. The fourth-order valence-electron chi connectivity index (χ4n) is 15.4. The predicted octanol–water partition coefficient (Wildman–Crippen LogP) is 25.2. The van der Waals surface area contributed by atoms with E-state index in [0.717, 1.165) is 144 Å². The number of ether oxygens (including phenoxy) is 1. The van der Waals surface area contributed by atoms with E-state index in [-0.39, 0.29) is 5.97 Å². The van der Waals surface area contributed by atoms with Gasteiger partial charge in [0.25, 0.3) is 0 Å². The number of nitrogens with one attached hydrogen (secondary N) is 2. The minimum absolute atomic E-state index is 0.365. The summed E-state index contributed by atoms with van der Waals surface area (Å²) in [5.41, 5.74) is 15.8. The standard InChI is InChI=1S/C86H118N8O2/c1-8-14-20-26-32-38-44-61-50-52-63(46-40-34-28-22-16-10-3)74-72(61)80-88-78-70-59-67-56-57-68(86(95)96-7)58-69(67)60-71(70)79(87-78)89-81-73-62(45-39-33-27-21-15-9-2)51-53-64(47-41-35-29-23-17-11-4)75(73)83(91-81)93-85-77-66(49-43-37-31-25-19-13-6)55-54-65(48-42-36-30-24-18-12-5)76(77)84(94-85)92-82(74)90-80/h50-60H,8-49H2,1-7H3,(H2,87,88,89,90,91,92,93,94). The van der Waals surface area contributed by atoms with E-state index in [1.54, 1.807) is 0 Å². The van der Waals surface area contributed by atoms with Gasteiger partial charge in [0.15, 0.2) is 23.3 Å². The van der Waals surface area contributed by atoms with Crippen LogP contribution in [0.25, 0.3) is 100 Å². The largest absolute Gasteiger partial charge is 0.465 e. The Kier molecular flexibility index (Phi) is 28.3. The molecule has 10 heteroatoms. The highest BCUT2D eigenvalue weighted by Crippen LogP contribution is 2.45.